The molecule has 32 heavy (non-hydrogen) atoms. The lowest BCUT2D eigenvalue weighted by Gasteiger charge is -2.44. The Morgan fingerprint density at radius 2 is 1.88 bits per heavy atom. The molecule has 0 aromatic heterocycles. The molecule has 1 saturated heterocycles. The molecule has 1 spiro atoms. The average Bonchev–Trinajstić information content (AvgIpc) is 2.73. The first-order valence-electron chi connectivity index (χ1n) is 11.1. The number of ketones is 1. The third-order valence-corrected chi connectivity index (χ3v) is 6.61. The number of amides is 1. The molecule has 2 heterocycles. The van der Waals surface area contributed by atoms with Crippen molar-refractivity contribution in [3.8, 4) is 11.5 Å². The van der Waals surface area contributed by atoms with Crippen LogP contribution in [0.15, 0.2) is 36.4 Å². The van der Waals surface area contributed by atoms with Crippen LogP contribution in [0.2, 0.25) is 5.02 Å². The normalized spacial score (nSPS) is 17.7. The molecule has 5 nitrogen and oxygen atoms in total. The summed E-state index contributed by atoms with van der Waals surface area (Å²) in [4.78, 5) is 27.3. The van der Waals surface area contributed by atoms with Gasteiger partial charge in [-0.05, 0) is 42.2 Å². The fraction of sp³-hybridized carbons (Fsp3) is 0.462. The van der Waals surface area contributed by atoms with Gasteiger partial charge in [-0.3, -0.25) is 9.59 Å². The Morgan fingerprint density at radius 1 is 1.16 bits per heavy atom. The topological polar surface area (TPSA) is 55.8 Å². The van der Waals surface area contributed by atoms with Gasteiger partial charge in [0.25, 0.3) is 5.91 Å². The number of Topliss-reactive ketones (excluding diaryl/α,β-unsaturated/α-hetero) is 1. The maximum Gasteiger partial charge on any atom is 0.260 e. The van der Waals surface area contributed by atoms with Gasteiger partial charge in [0, 0.05) is 31.0 Å². The predicted molar refractivity (Wildman–Crippen MR) is 125 cm³/mol. The second kappa shape index (κ2) is 8.43. The van der Waals surface area contributed by atoms with E-state index in [-0.39, 0.29) is 23.7 Å². The minimum atomic E-state index is -0.550. The summed E-state index contributed by atoms with van der Waals surface area (Å²) in [5.41, 5.74) is 2.18. The summed E-state index contributed by atoms with van der Waals surface area (Å²) in [6.45, 7) is 9.55. The Balaban J connectivity index is 1.38. The minimum absolute atomic E-state index is 0.000259. The van der Waals surface area contributed by atoms with E-state index in [4.69, 9.17) is 21.1 Å². The molecule has 2 aliphatic heterocycles. The standard InChI is InChI=1S/C26H30ClNO4/c1-17-5-7-23(20(13-17)25(2,3)4)31-16-24(30)28-11-9-26(10-12-28)15-21(29)19-14-18(27)6-8-22(19)32-26/h5-8,13-14H,9-12,15-16H2,1-4H3. The Morgan fingerprint density at radius 3 is 2.56 bits per heavy atom. The molecular formula is C26H30ClNO4. The lowest BCUT2D eigenvalue weighted by atomic mass is 9.82. The van der Waals surface area contributed by atoms with Crippen LogP contribution in [-0.4, -0.2) is 41.9 Å². The summed E-state index contributed by atoms with van der Waals surface area (Å²) in [6.07, 6.45) is 1.55. The number of carbonyl (C=O) groups excluding carboxylic acids is 2. The largest absolute Gasteiger partial charge is 0.486 e. The van der Waals surface area contributed by atoms with Crippen molar-refractivity contribution >= 4 is 23.3 Å². The molecule has 0 N–H and O–H groups in total. The van der Waals surface area contributed by atoms with E-state index >= 15 is 0 Å². The molecule has 0 unspecified atom stereocenters. The molecular weight excluding hydrogens is 426 g/mol. The van der Waals surface area contributed by atoms with Crippen LogP contribution < -0.4 is 9.47 Å². The van der Waals surface area contributed by atoms with Crippen molar-refractivity contribution < 1.29 is 19.1 Å². The fourth-order valence-corrected chi connectivity index (χ4v) is 4.67. The van der Waals surface area contributed by atoms with Gasteiger partial charge in [0.2, 0.25) is 0 Å². The summed E-state index contributed by atoms with van der Waals surface area (Å²) in [5.74, 6) is 1.34. The molecule has 1 fully saturated rings. The first-order valence-corrected chi connectivity index (χ1v) is 11.5. The zero-order chi connectivity index (χ0) is 23.1. The number of likely N-dealkylation sites (tertiary alicyclic amines) is 1. The molecule has 0 radical (unpaired) electrons. The number of benzene rings is 2. The summed E-state index contributed by atoms with van der Waals surface area (Å²) < 4.78 is 12.2. The first-order chi connectivity index (χ1) is 15.1. The van der Waals surface area contributed by atoms with Gasteiger partial charge in [0.1, 0.15) is 17.1 Å². The number of carbonyl (C=O) groups is 2. The lowest BCUT2D eigenvalue weighted by molar-refractivity contribution is -0.137. The smallest absolute Gasteiger partial charge is 0.260 e. The van der Waals surface area contributed by atoms with Crippen molar-refractivity contribution in [2.24, 2.45) is 0 Å². The number of piperidine rings is 1. The Kier molecular flexibility index (Phi) is 5.97. The average molecular weight is 456 g/mol. The van der Waals surface area contributed by atoms with E-state index < -0.39 is 5.60 Å². The van der Waals surface area contributed by atoms with Crippen LogP contribution in [-0.2, 0) is 10.2 Å². The van der Waals surface area contributed by atoms with E-state index in [0.717, 1.165) is 11.3 Å². The fourth-order valence-electron chi connectivity index (χ4n) is 4.50. The van der Waals surface area contributed by atoms with Crippen LogP contribution in [0.3, 0.4) is 0 Å². The van der Waals surface area contributed by atoms with Crippen molar-refractivity contribution in [2.75, 3.05) is 19.7 Å². The second-order valence-corrected chi connectivity index (χ2v) is 10.4. The van der Waals surface area contributed by atoms with Crippen molar-refractivity contribution in [3.05, 3.63) is 58.1 Å². The summed E-state index contributed by atoms with van der Waals surface area (Å²) >= 11 is 6.03. The third kappa shape index (κ3) is 4.63. The zero-order valence-corrected chi connectivity index (χ0v) is 19.9. The molecule has 1 amide bonds. The number of ether oxygens (including phenoxy) is 2. The van der Waals surface area contributed by atoms with Gasteiger partial charge in [-0.15, -0.1) is 0 Å². The highest BCUT2D eigenvalue weighted by Gasteiger charge is 2.43. The van der Waals surface area contributed by atoms with Gasteiger partial charge in [0.15, 0.2) is 12.4 Å². The number of fused-ring (bicyclic) bond motifs is 1. The van der Waals surface area contributed by atoms with Crippen LogP contribution in [0, 0.1) is 6.92 Å². The highest BCUT2D eigenvalue weighted by atomic mass is 35.5. The quantitative estimate of drug-likeness (QED) is 0.625. The summed E-state index contributed by atoms with van der Waals surface area (Å²) in [6, 6.07) is 11.2. The Labute approximate surface area is 194 Å². The van der Waals surface area contributed by atoms with Crippen molar-refractivity contribution in [1.29, 1.82) is 0 Å². The Hall–Kier alpha value is -2.53. The van der Waals surface area contributed by atoms with E-state index in [1.165, 1.54) is 5.56 Å². The van der Waals surface area contributed by atoms with E-state index in [1.807, 2.05) is 12.1 Å². The number of rotatable bonds is 3. The lowest BCUT2D eigenvalue weighted by Crippen LogP contribution is -2.53. The van der Waals surface area contributed by atoms with E-state index in [1.54, 1.807) is 23.1 Å². The molecule has 2 aromatic carbocycles. The molecule has 0 aliphatic carbocycles. The monoisotopic (exact) mass is 455 g/mol. The number of hydrogen-bond acceptors (Lipinski definition) is 4. The van der Waals surface area contributed by atoms with Crippen LogP contribution in [0.1, 0.15) is 61.5 Å². The van der Waals surface area contributed by atoms with Crippen LogP contribution in [0.4, 0.5) is 0 Å². The molecule has 0 bridgehead atoms. The molecule has 6 heteroatoms. The highest BCUT2D eigenvalue weighted by Crippen LogP contribution is 2.40. The maximum atomic E-state index is 12.8. The number of halogens is 1. The van der Waals surface area contributed by atoms with E-state index in [0.29, 0.717) is 48.7 Å². The predicted octanol–water partition coefficient (Wildman–Crippen LogP) is 5.35. The Bertz CT molecular complexity index is 1050. The van der Waals surface area contributed by atoms with Gasteiger partial charge in [-0.2, -0.15) is 0 Å². The number of aryl methyl sites for hydroxylation is 1. The van der Waals surface area contributed by atoms with Gasteiger partial charge in [0.05, 0.1) is 12.0 Å². The van der Waals surface area contributed by atoms with Crippen molar-refractivity contribution in [2.45, 2.75) is 58.0 Å². The second-order valence-electron chi connectivity index (χ2n) is 9.94. The highest BCUT2D eigenvalue weighted by molar-refractivity contribution is 6.31. The molecule has 0 atom stereocenters. The maximum absolute atomic E-state index is 12.8. The first kappa shape index (κ1) is 22.7. The summed E-state index contributed by atoms with van der Waals surface area (Å²) in [7, 11) is 0. The van der Waals surface area contributed by atoms with Crippen LogP contribution in [0.25, 0.3) is 0 Å². The molecule has 2 aliphatic rings. The molecule has 4 rings (SSSR count). The van der Waals surface area contributed by atoms with Crippen molar-refractivity contribution in [3.63, 3.8) is 0 Å². The van der Waals surface area contributed by atoms with Crippen molar-refractivity contribution in [1.82, 2.24) is 4.90 Å². The molecule has 0 saturated carbocycles. The minimum Gasteiger partial charge on any atom is -0.486 e. The SMILES string of the molecule is Cc1ccc(OCC(=O)N2CCC3(CC2)CC(=O)c2cc(Cl)ccc2O3)c(C(C)(C)C)c1. The molecule has 170 valence electrons. The third-order valence-electron chi connectivity index (χ3n) is 6.37. The van der Waals surface area contributed by atoms with Crippen LogP contribution >= 0.6 is 11.6 Å². The van der Waals surface area contributed by atoms with Gasteiger partial charge in [-0.1, -0.05) is 50.1 Å². The van der Waals surface area contributed by atoms with Gasteiger partial charge < -0.3 is 14.4 Å². The van der Waals surface area contributed by atoms with Gasteiger partial charge >= 0.3 is 0 Å². The molecule has 2 aromatic rings. The number of hydrogen-bond donors (Lipinski definition) is 0. The zero-order valence-electron chi connectivity index (χ0n) is 19.2. The van der Waals surface area contributed by atoms with Gasteiger partial charge in [-0.25, -0.2) is 0 Å². The van der Waals surface area contributed by atoms with E-state index in [9.17, 15) is 9.59 Å². The van der Waals surface area contributed by atoms with E-state index in [2.05, 4.69) is 33.8 Å². The number of nitrogens with zero attached hydrogens (tertiary/aromatic N) is 1. The van der Waals surface area contributed by atoms with Crippen LogP contribution in [0.5, 0.6) is 11.5 Å². The summed E-state index contributed by atoms with van der Waals surface area (Å²) in [5, 5.41) is 0.528.